The smallest absolute Gasteiger partial charge is 0.123 e. The Labute approximate surface area is 291 Å². The van der Waals surface area contributed by atoms with Gasteiger partial charge in [0.1, 0.15) is 5.82 Å². The lowest BCUT2D eigenvalue weighted by Crippen LogP contribution is -2.26. The van der Waals surface area contributed by atoms with E-state index < -0.39 is 5.41 Å². The Balaban J connectivity index is 1.26. The van der Waals surface area contributed by atoms with Gasteiger partial charge < -0.3 is 4.90 Å². The van der Waals surface area contributed by atoms with E-state index in [0.29, 0.717) is 5.92 Å². The molecular weight excluding hydrogens is 610 g/mol. The first-order valence-corrected chi connectivity index (χ1v) is 17.5. The molecule has 10 rings (SSSR count). The summed E-state index contributed by atoms with van der Waals surface area (Å²) < 4.78 is 14.2. The van der Waals surface area contributed by atoms with Crippen LogP contribution in [0.4, 0.5) is 21.5 Å². The maximum absolute atomic E-state index is 14.2. The minimum Gasteiger partial charge on any atom is -0.310 e. The van der Waals surface area contributed by atoms with Crippen LogP contribution < -0.4 is 4.90 Å². The van der Waals surface area contributed by atoms with E-state index in [1.165, 1.54) is 71.6 Å². The van der Waals surface area contributed by atoms with E-state index in [9.17, 15) is 4.39 Å². The molecular formula is C48H34FN. The van der Waals surface area contributed by atoms with Crippen LogP contribution in [0.3, 0.4) is 0 Å². The van der Waals surface area contributed by atoms with Crippen LogP contribution in [-0.2, 0) is 5.41 Å². The van der Waals surface area contributed by atoms with Gasteiger partial charge >= 0.3 is 0 Å². The molecule has 0 fully saturated rings. The van der Waals surface area contributed by atoms with Gasteiger partial charge in [0.25, 0.3) is 0 Å². The van der Waals surface area contributed by atoms with Crippen molar-refractivity contribution in [3.05, 3.63) is 197 Å². The number of rotatable bonds is 4. The van der Waals surface area contributed by atoms with Crippen molar-refractivity contribution in [3.63, 3.8) is 0 Å². The Morgan fingerprint density at radius 1 is 0.480 bits per heavy atom. The second-order valence-corrected chi connectivity index (χ2v) is 14.0. The Bertz CT molecular complexity index is 2590. The van der Waals surface area contributed by atoms with Gasteiger partial charge in [0.15, 0.2) is 0 Å². The van der Waals surface area contributed by atoms with Gasteiger partial charge in [0, 0.05) is 17.1 Å². The topological polar surface area (TPSA) is 3.24 Å². The third kappa shape index (κ3) is 3.93. The number of fused-ring (bicyclic) bond motifs is 14. The van der Waals surface area contributed by atoms with Crippen molar-refractivity contribution in [1.82, 2.24) is 0 Å². The summed E-state index contributed by atoms with van der Waals surface area (Å²) in [6.45, 7) is 4.42. The van der Waals surface area contributed by atoms with Crippen LogP contribution in [0.2, 0.25) is 0 Å². The van der Waals surface area contributed by atoms with Crippen LogP contribution in [0.25, 0.3) is 43.8 Å². The third-order valence-electron chi connectivity index (χ3n) is 11.1. The van der Waals surface area contributed by atoms with Crippen molar-refractivity contribution >= 4 is 38.6 Å². The molecule has 2 aliphatic carbocycles. The first-order chi connectivity index (χ1) is 24.5. The number of benzene rings is 8. The predicted molar refractivity (Wildman–Crippen MR) is 206 cm³/mol. The first kappa shape index (κ1) is 29.0. The van der Waals surface area contributed by atoms with Crippen molar-refractivity contribution in [2.24, 2.45) is 0 Å². The molecule has 0 aromatic heterocycles. The Hall–Kier alpha value is -5.99. The summed E-state index contributed by atoms with van der Waals surface area (Å²) in [7, 11) is 0. The van der Waals surface area contributed by atoms with E-state index in [0.717, 1.165) is 17.1 Å². The van der Waals surface area contributed by atoms with E-state index in [1.807, 2.05) is 12.1 Å². The Kier molecular flexibility index (Phi) is 6.23. The summed E-state index contributed by atoms with van der Waals surface area (Å²) >= 11 is 0. The van der Waals surface area contributed by atoms with E-state index in [1.54, 1.807) is 12.1 Å². The number of anilines is 3. The lowest BCUT2D eigenvalue weighted by molar-refractivity contribution is 0.628. The molecule has 0 heterocycles. The molecule has 238 valence electrons. The van der Waals surface area contributed by atoms with E-state index in [-0.39, 0.29) is 5.82 Å². The van der Waals surface area contributed by atoms with Crippen LogP contribution >= 0.6 is 0 Å². The summed E-state index contributed by atoms with van der Waals surface area (Å²) in [5.74, 6) is 0.193. The minimum absolute atomic E-state index is 0.243. The van der Waals surface area contributed by atoms with Gasteiger partial charge in [-0.2, -0.15) is 0 Å². The molecule has 0 aliphatic heterocycles. The second kappa shape index (κ2) is 10.8. The highest BCUT2D eigenvalue weighted by Gasteiger charge is 2.52. The fourth-order valence-electron chi connectivity index (χ4n) is 8.92. The molecule has 0 radical (unpaired) electrons. The molecule has 0 saturated heterocycles. The monoisotopic (exact) mass is 643 g/mol. The quantitative estimate of drug-likeness (QED) is 0.184. The third-order valence-corrected chi connectivity index (χ3v) is 11.1. The van der Waals surface area contributed by atoms with Gasteiger partial charge in [-0.25, -0.2) is 4.39 Å². The van der Waals surface area contributed by atoms with E-state index >= 15 is 0 Å². The SMILES string of the molecule is CC(C)c1ccc(N(c2ccc(F)cc2)c2ccc3c4c(ccc3c2)-c2c(ccc3ccccc23)C42c3ccccc3-c3ccccc32)cc1. The molecule has 0 bridgehead atoms. The molecule has 0 unspecified atom stereocenters. The molecule has 2 heteroatoms. The molecule has 2 aliphatic rings. The molecule has 8 aromatic rings. The van der Waals surface area contributed by atoms with Crippen molar-refractivity contribution in [3.8, 4) is 22.3 Å². The van der Waals surface area contributed by atoms with Crippen molar-refractivity contribution in [2.75, 3.05) is 4.90 Å². The first-order valence-electron chi connectivity index (χ1n) is 17.5. The standard InChI is InChI=1S/C48H34FN/c1-30(2)31-15-21-35(22-16-31)50(36-23-19-34(49)20-24-36)37-25-27-39-33(29-37)17-26-42-46-38-10-4-3-9-32(38)18-28-45(46)48(47(39)42)43-13-7-5-11-40(43)41-12-6-8-14-44(41)48/h3-30H,1-2H3. The minimum atomic E-state index is -0.452. The number of hydrogen-bond acceptors (Lipinski definition) is 1. The predicted octanol–water partition coefficient (Wildman–Crippen LogP) is 13.1. The fraction of sp³-hybridized carbons (Fsp3) is 0.0833. The molecule has 1 nitrogen and oxygen atoms in total. The van der Waals surface area contributed by atoms with Crippen molar-refractivity contribution < 1.29 is 4.39 Å². The van der Waals surface area contributed by atoms with Crippen LogP contribution in [0.15, 0.2) is 164 Å². The lowest BCUT2D eigenvalue weighted by Gasteiger charge is -2.32. The van der Waals surface area contributed by atoms with Crippen molar-refractivity contribution in [1.29, 1.82) is 0 Å². The average Bonchev–Trinajstić information content (AvgIpc) is 3.63. The van der Waals surface area contributed by atoms with Gasteiger partial charge in [0.05, 0.1) is 5.41 Å². The molecule has 50 heavy (non-hydrogen) atoms. The number of nitrogens with zero attached hydrogens (tertiary/aromatic N) is 1. The maximum Gasteiger partial charge on any atom is 0.123 e. The van der Waals surface area contributed by atoms with Gasteiger partial charge in [-0.15, -0.1) is 0 Å². The van der Waals surface area contributed by atoms with E-state index in [2.05, 4.69) is 158 Å². The molecule has 0 N–H and O–H groups in total. The van der Waals surface area contributed by atoms with Gasteiger partial charge in [-0.3, -0.25) is 0 Å². The summed E-state index contributed by atoms with van der Waals surface area (Å²) in [5.41, 5.74) is 14.4. The van der Waals surface area contributed by atoms with Gasteiger partial charge in [-0.1, -0.05) is 129 Å². The fourth-order valence-corrected chi connectivity index (χ4v) is 8.92. The Morgan fingerprint density at radius 2 is 1.08 bits per heavy atom. The van der Waals surface area contributed by atoms with Crippen molar-refractivity contribution in [2.45, 2.75) is 25.2 Å². The summed E-state index contributed by atoms with van der Waals surface area (Å²) in [5, 5.41) is 4.95. The zero-order valence-corrected chi connectivity index (χ0v) is 28.0. The lowest BCUT2D eigenvalue weighted by atomic mass is 9.69. The summed E-state index contributed by atoms with van der Waals surface area (Å²) in [6.07, 6.45) is 0. The van der Waals surface area contributed by atoms with Crippen LogP contribution in [0.1, 0.15) is 47.6 Å². The van der Waals surface area contributed by atoms with Crippen LogP contribution in [0.5, 0.6) is 0 Å². The summed E-state index contributed by atoms with van der Waals surface area (Å²) in [6, 6.07) is 58.5. The zero-order valence-electron chi connectivity index (χ0n) is 28.0. The van der Waals surface area contributed by atoms with Crippen LogP contribution in [0, 0.1) is 5.82 Å². The number of hydrogen-bond donors (Lipinski definition) is 0. The van der Waals surface area contributed by atoms with Gasteiger partial charge in [0.2, 0.25) is 0 Å². The highest BCUT2D eigenvalue weighted by Crippen LogP contribution is 2.65. The van der Waals surface area contributed by atoms with Crippen LogP contribution in [-0.4, -0.2) is 0 Å². The molecule has 1 spiro atoms. The highest BCUT2D eigenvalue weighted by atomic mass is 19.1. The summed E-state index contributed by atoms with van der Waals surface area (Å²) in [4.78, 5) is 2.23. The van der Waals surface area contributed by atoms with Gasteiger partial charge in [-0.05, 0) is 126 Å². The highest BCUT2D eigenvalue weighted by molar-refractivity contribution is 6.11. The second-order valence-electron chi connectivity index (χ2n) is 14.0. The molecule has 0 atom stereocenters. The zero-order chi connectivity index (χ0) is 33.6. The molecule has 0 saturated carbocycles. The molecule has 0 amide bonds. The molecule has 8 aromatic carbocycles. The largest absolute Gasteiger partial charge is 0.310 e. The Morgan fingerprint density at radius 3 is 1.78 bits per heavy atom. The van der Waals surface area contributed by atoms with E-state index in [4.69, 9.17) is 0 Å². The normalized spacial score (nSPS) is 13.4. The number of halogens is 1. The maximum atomic E-state index is 14.2. The average molecular weight is 644 g/mol.